The summed E-state index contributed by atoms with van der Waals surface area (Å²) in [4.78, 5) is 29.7. The van der Waals surface area contributed by atoms with Crippen molar-refractivity contribution in [3.8, 4) is 11.3 Å². The molecule has 0 atom stereocenters. The number of thiophene rings is 1. The fourth-order valence-corrected chi connectivity index (χ4v) is 2.51. The maximum absolute atomic E-state index is 11.6. The van der Waals surface area contributed by atoms with Crippen LogP contribution >= 0.6 is 11.3 Å². The van der Waals surface area contributed by atoms with Crippen LogP contribution in [0.3, 0.4) is 0 Å². The summed E-state index contributed by atoms with van der Waals surface area (Å²) in [7, 11) is 1.33. The number of aromatic nitrogens is 2. The number of hydrogen-bond donors (Lipinski definition) is 1. The Morgan fingerprint density at radius 2 is 2.24 bits per heavy atom. The number of hydrogen-bond acceptors (Lipinski definition) is 5. The Morgan fingerprint density at radius 1 is 1.47 bits per heavy atom. The van der Waals surface area contributed by atoms with Gasteiger partial charge in [0.2, 0.25) is 0 Å². The summed E-state index contributed by atoms with van der Waals surface area (Å²) in [6.45, 7) is 1.86. The second kappa shape index (κ2) is 4.50. The fourth-order valence-electron chi connectivity index (χ4n) is 1.53. The van der Waals surface area contributed by atoms with E-state index in [1.54, 1.807) is 0 Å². The van der Waals surface area contributed by atoms with E-state index < -0.39 is 5.97 Å². The number of ether oxygens (including phenoxy) is 1. The van der Waals surface area contributed by atoms with Gasteiger partial charge in [0.05, 0.1) is 25.2 Å². The Hall–Kier alpha value is -1.95. The average molecular weight is 250 g/mol. The minimum atomic E-state index is -0.414. The predicted octanol–water partition coefficient (Wildman–Crippen LogP) is 1.59. The van der Waals surface area contributed by atoms with E-state index in [4.69, 9.17) is 4.74 Å². The van der Waals surface area contributed by atoms with Gasteiger partial charge < -0.3 is 9.72 Å². The highest BCUT2D eigenvalue weighted by Crippen LogP contribution is 2.30. The molecule has 0 unspecified atom stereocenters. The van der Waals surface area contributed by atoms with Gasteiger partial charge in [0.15, 0.2) is 0 Å². The minimum Gasteiger partial charge on any atom is -0.465 e. The van der Waals surface area contributed by atoms with Crippen molar-refractivity contribution in [3.05, 3.63) is 38.6 Å². The number of H-pyrrole nitrogens is 1. The average Bonchev–Trinajstić information content (AvgIpc) is 2.70. The van der Waals surface area contributed by atoms with Crippen molar-refractivity contribution in [2.24, 2.45) is 0 Å². The van der Waals surface area contributed by atoms with Gasteiger partial charge in [-0.2, -0.15) is 0 Å². The van der Waals surface area contributed by atoms with Gasteiger partial charge in [-0.3, -0.25) is 9.78 Å². The fraction of sp³-hybridized carbons (Fsp3) is 0.182. The second-order valence-electron chi connectivity index (χ2n) is 3.42. The highest BCUT2D eigenvalue weighted by Gasteiger charge is 2.18. The Labute approximate surface area is 101 Å². The predicted molar refractivity (Wildman–Crippen MR) is 64.2 cm³/mol. The molecule has 0 bridgehead atoms. The molecule has 0 spiro atoms. The van der Waals surface area contributed by atoms with Crippen molar-refractivity contribution in [3.63, 3.8) is 0 Å². The van der Waals surface area contributed by atoms with Crippen LogP contribution in [-0.2, 0) is 4.74 Å². The zero-order valence-electron chi connectivity index (χ0n) is 9.31. The van der Waals surface area contributed by atoms with Crippen LogP contribution in [-0.4, -0.2) is 23.0 Å². The molecule has 0 radical (unpaired) electrons. The zero-order chi connectivity index (χ0) is 12.4. The number of nitrogens with zero attached hydrogens (tertiary/aromatic N) is 1. The molecule has 0 fully saturated rings. The summed E-state index contributed by atoms with van der Waals surface area (Å²) >= 11 is 1.29. The molecule has 5 nitrogen and oxygen atoms in total. The molecule has 2 rings (SSSR count). The SMILES string of the molecule is COC(=O)c1scc(C)c1-c1cncc(=O)[nH]1. The smallest absolute Gasteiger partial charge is 0.348 e. The van der Waals surface area contributed by atoms with Crippen molar-refractivity contribution >= 4 is 17.3 Å². The molecule has 0 aromatic carbocycles. The number of carbonyl (C=O) groups excluding carboxylic acids is 1. The summed E-state index contributed by atoms with van der Waals surface area (Å²) in [5.41, 5.74) is 1.80. The van der Waals surface area contributed by atoms with E-state index in [-0.39, 0.29) is 5.56 Å². The Kier molecular flexibility index (Phi) is 3.06. The van der Waals surface area contributed by atoms with Crippen LogP contribution in [0, 0.1) is 6.92 Å². The number of aryl methyl sites for hydroxylation is 1. The minimum absolute atomic E-state index is 0.302. The van der Waals surface area contributed by atoms with Crippen LogP contribution in [0.4, 0.5) is 0 Å². The third-order valence-electron chi connectivity index (χ3n) is 2.27. The molecule has 0 aliphatic heterocycles. The van der Waals surface area contributed by atoms with Crippen LogP contribution in [0.15, 0.2) is 22.6 Å². The summed E-state index contributed by atoms with van der Waals surface area (Å²) in [5, 5.41) is 1.84. The number of nitrogens with one attached hydrogen (secondary N) is 1. The van der Waals surface area contributed by atoms with Crippen LogP contribution in [0.25, 0.3) is 11.3 Å². The first-order valence-corrected chi connectivity index (χ1v) is 5.72. The third-order valence-corrected chi connectivity index (χ3v) is 3.35. The van der Waals surface area contributed by atoms with Crippen LogP contribution in [0.1, 0.15) is 15.2 Å². The lowest BCUT2D eigenvalue weighted by molar-refractivity contribution is 0.0607. The van der Waals surface area contributed by atoms with Crippen LogP contribution < -0.4 is 5.56 Å². The lowest BCUT2D eigenvalue weighted by Crippen LogP contribution is -2.08. The summed E-state index contributed by atoms with van der Waals surface area (Å²) in [6, 6.07) is 0. The van der Waals surface area contributed by atoms with E-state index >= 15 is 0 Å². The molecular weight excluding hydrogens is 240 g/mol. The molecule has 6 heteroatoms. The lowest BCUT2D eigenvalue weighted by atomic mass is 10.1. The van der Waals surface area contributed by atoms with Crippen molar-refractivity contribution < 1.29 is 9.53 Å². The molecule has 17 heavy (non-hydrogen) atoms. The maximum atomic E-state index is 11.6. The molecule has 0 aliphatic carbocycles. The van der Waals surface area contributed by atoms with Crippen molar-refractivity contribution in [1.29, 1.82) is 0 Å². The second-order valence-corrected chi connectivity index (χ2v) is 4.30. The molecule has 1 N–H and O–H groups in total. The van der Waals surface area contributed by atoms with E-state index in [9.17, 15) is 9.59 Å². The third kappa shape index (κ3) is 2.12. The molecule has 2 heterocycles. The van der Waals surface area contributed by atoms with Crippen LogP contribution in [0.2, 0.25) is 0 Å². The number of rotatable bonds is 2. The van der Waals surface area contributed by atoms with E-state index in [0.717, 1.165) is 5.56 Å². The van der Waals surface area contributed by atoms with Gasteiger partial charge >= 0.3 is 5.97 Å². The van der Waals surface area contributed by atoms with Gasteiger partial charge in [-0.05, 0) is 17.9 Å². The molecule has 0 saturated carbocycles. The van der Waals surface area contributed by atoms with Gasteiger partial charge in [0, 0.05) is 5.56 Å². The van der Waals surface area contributed by atoms with Crippen molar-refractivity contribution in [2.75, 3.05) is 7.11 Å². The van der Waals surface area contributed by atoms with E-state index in [0.29, 0.717) is 16.1 Å². The van der Waals surface area contributed by atoms with Gasteiger partial charge in [-0.1, -0.05) is 0 Å². The Bertz CT molecular complexity index is 615. The van der Waals surface area contributed by atoms with Crippen molar-refractivity contribution in [2.45, 2.75) is 6.92 Å². The molecule has 0 amide bonds. The van der Waals surface area contributed by atoms with Gasteiger partial charge in [0.25, 0.3) is 5.56 Å². The monoisotopic (exact) mass is 250 g/mol. The summed E-state index contributed by atoms with van der Waals surface area (Å²) < 4.78 is 4.70. The largest absolute Gasteiger partial charge is 0.465 e. The molecule has 2 aromatic rings. The maximum Gasteiger partial charge on any atom is 0.348 e. The van der Waals surface area contributed by atoms with E-state index in [2.05, 4.69) is 9.97 Å². The molecular formula is C11H10N2O3S. The number of carbonyl (C=O) groups is 1. The number of aromatic amines is 1. The summed E-state index contributed by atoms with van der Waals surface area (Å²) in [5.74, 6) is -0.414. The van der Waals surface area contributed by atoms with Gasteiger partial charge in [0.1, 0.15) is 4.88 Å². The van der Waals surface area contributed by atoms with E-state index in [1.807, 2.05) is 12.3 Å². The first-order chi connectivity index (χ1) is 8.13. The quantitative estimate of drug-likeness (QED) is 0.821. The zero-order valence-corrected chi connectivity index (χ0v) is 10.1. The lowest BCUT2D eigenvalue weighted by Gasteiger charge is -2.03. The highest BCUT2D eigenvalue weighted by atomic mass is 32.1. The summed E-state index contributed by atoms with van der Waals surface area (Å²) in [6.07, 6.45) is 2.70. The van der Waals surface area contributed by atoms with Crippen LogP contribution in [0.5, 0.6) is 0 Å². The standard InChI is InChI=1S/C11H10N2O3S/c1-6-5-17-10(11(15)16-2)9(6)7-3-12-4-8(14)13-7/h3-5H,1-2H3,(H,13,14). The molecule has 0 aliphatic rings. The van der Waals surface area contributed by atoms with Gasteiger partial charge in [-0.15, -0.1) is 11.3 Å². The van der Waals surface area contributed by atoms with E-state index in [1.165, 1.54) is 30.8 Å². The first-order valence-electron chi connectivity index (χ1n) is 4.84. The molecule has 88 valence electrons. The molecule has 2 aromatic heterocycles. The van der Waals surface area contributed by atoms with Gasteiger partial charge in [-0.25, -0.2) is 4.79 Å². The number of esters is 1. The first kappa shape index (κ1) is 11.5. The normalized spacial score (nSPS) is 10.2. The van der Waals surface area contributed by atoms with Crippen molar-refractivity contribution in [1.82, 2.24) is 9.97 Å². The Balaban J connectivity index is 2.62. The topological polar surface area (TPSA) is 72.0 Å². The molecule has 0 saturated heterocycles. The highest BCUT2D eigenvalue weighted by molar-refractivity contribution is 7.12. The Morgan fingerprint density at radius 3 is 2.88 bits per heavy atom. The number of methoxy groups -OCH3 is 1.